The van der Waals surface area contributed by atoms with E-state index in [0.29, 0.717) is 35.9 Å². The number of carbonyl (C=O) groups is 2. The number of amides is 2. The molecule has 0 bridgehead atoms. The van der Waals surface area contributed by atoms with Gasteiger partial charge in [0.05, 0.1) is 11.1 Å². The van der Waals surface area contributed by atoms with Crippen molar-refractivity contribution in [1.82, 2.24) is 10.2 Å². The summed E-state index contributed by atoms with van der Waals surface area (Å²) >= 11 is 6.19. The molecule has 1 aliphatic rings. The Hall–Kier alpha value is -3.42. The molecule has 3 aromatic carbocycles. The van der Waals surface area contributed by atoms with Crippen LogP contribution >= 0.6 is 11.6 Å². The Bertz CT molecular complexity index is 1170. The molecule has 1 saturated heterocycles. The normalized spacial score (nSPS) is 15.7. The van der Waals surface area contributed by atoms with Gasteiger partial charge in [-0.05, 0) is 48.2 Å². The van der Waals surface area contributed by atoms with Crippen molar-refractivity contribution in [3.05, 3.63) is 101 Å². The van der Waals surface area contributed by atoms with E-state index in [4.69, 9.17) is 21.1 Å². The van der Waals surface area contributed by atoms with Gasteiger partial charge in [0.15, 0.2) is 6.61 Å². The third-order valence-corrected chi connectivity index (χ3v) is 6.57. The highest BCUT2D eigenvalue weighted by Crippen LogP contribution is 2.23. The van der Waals surface area contributed by atoms with Gasteiger partial charge in [-0.3, -0.25) is 9.59 Å². The lowest BCUT2D eigenvalue weighted by molar-refractivity contribution is -0.143. The minimum Gasteiger partial charge on any atom is -0.482 e. The maximum Gasteiger partial charge on any atom is 0.261 e. The molecule has 194 valence electrons. The van der Waals surface area contributed by atoms with Gasteiger partial charge in [0, 0.05) is 26.1 Å². The predicted octanol–water partition coefficient (Wildman–Crippen LogP) is 4.79. The second kappa shape index (κ2) is 13.2. The number of halogens is 2. The van der Waals surface area contributed by atoms with Crippen LogP contribution in [-0.2, 0) is 27.3 Å². The molecular formula is C29H30ClFN2O4. The third kappa shape index (κ3) is 7.78. The fraction of sp³-hybridized carbons (Fsp3) is 0.310. The van der Waals surface area contributed by atoms with Crippen molar-refractivity contribution in [2.45, 2.75) is 38.0 Å². The zero-order valence-electron chi connectivity index (χ0n) is 20.4. The zero-order valence-corrected chi connectivity index (χ0v) is 21.2. The van der Waals surface area contributed by atoms with Crippen molar-refractivity contribution in [3.8, 4) is 5.75 Å². The Morgan fingerprint density at radius 2 is 1.76 bits per heavy atom. The average Bonchev–Trinajstić information content (AvgIpc) is 3.44. The maximum absolute atomic E-state index is 13.6. The number of nitrogens with one attached hydrogen (secondary N) is 1. The molecular weight excluding hydrogens is 495 g/mol. The second-order valence-corrected chi connectivity index (χ2v) is 9.36. The third-order valence-electron chi connectivity index (χ3n) is 6.25. The lowest BCUT2D eigenvalue weighted by Crippen LogP contribution is -2.52. The van der Waals surface area contributed by atoms with Crippen LogP contribution in [0.15, 0.2) is 78.9 Å². The topological polar surface area (TPSA) is 67.9 Å². The van der Waals surface area contributed by atoms with Gasteiger partial charge in [0.1, 0.15) is 17.6 Å². The van der Waals surface area contributed by atoms with E-state index in [1.54, 1.807) is 36.4 Å². The lowest BCUT2D eigenvalue weighted by Gasteiger charge is -2.32. The number of ether oxygens (including phenoxy) is 2. The molecule has 0 unspecified atom stereocenters. The number of rotatable bonds is 11. The smallest absolute Gasteiger partial charge is 0.261 e. The summed E-state index contributed by atoms with van der Waals surface area (Å²) in [5.74, 6) is -0.675. The van der Waals surface area contributed by atoms with Crippen molar-refractivity contribution in [2.24, 2.45) is 0 Å². The van der Waals surface area contributed by atoms with Crippen LogP contribution in [0.4, 0.5) is 4.39 Å². The first-order chi connectivity index (χ1) is 18.0. The van der Waals surface area contributed by atoms with E-state index in [1.807, 2.05) is 30.3 Å². The molecule has 8 heteroatoms. The summed E-state index contributed by atoms with van der Waals surface area (Å²) in [6.45, 7) is 0.854. The van der Waals surface area contributed by atoms with Crippen LogP contribution in [0.3, 0.4) is 0 Å². The highest BCUT2D eigenvalue weighted by molar-refractivity contribution is 6.32. The minimum atomic E-state index is -0.823. The van der Waals surface area contributed by atoms with Gasteiger partial charge in [0.2, 0.25) is 5.91 Å². The second-order valence-electron chi connectivity index (χ2n) is 8.95. The molecule has 0 spiro atoms. The van der Waals surface area contributed by atoms with Crippen LogP contribution in [0.1, 0.15) is 24.0 Å². The molecule has 0 saturated carbocycles. The van der Waals surface area contributed by atoms with Crippen LogP contribution in [0, 0.1) is 5.82 Å². The zero-order chi connectivity index (χ0) is 26.0. The van der Waals surface area contributed by atoms with Gasteiger partial charge in [-0.25, -0.2) is 4.39 Å². The highest BCUT2D eigenvalue weighted by Gasteiger charge is 2.31. The Labute approximate surface area is 221 Å². The van der Waals surface area contributed by atoms with E-state index in [2.05, 4.69) is 5.32 Å². The summed E-state index contributed by atoms with van der Waals surface area (Å²) in [4.78, 5) is 28.6. The van der Waals surface area contributed by atoms with E-state index in [1.165, 1.54) is 17.0 Å². The van der Waals surface area contributed by atoms with Crippen molar-refractivity contribution < 1.29 is 23.5 Å². The molecule has 1 heterocycles. The largest absolute Gasteiger partial charge is 0.482 e. The lowest BCUT2D eigenvalue weighted by atomic mass is 10.0. The molecule has 2 amide bonds. The molecule has 0 aromatic heterocycles. The number of carbonyl (C=O) groups excluding carboxylic acids is 2. The maximum atomic E-state index is 13.6. The summed E-state index contributed by atoms with van der Waals surface area (Å²) in [6.07, 6.45) is 2.11. The van der Waals surface area contributed by atoms with Gasteiger partial charge in [0.25, 0.3) is 5.91 Å². The van der Waals surface area contributed by atoms with E-state index in [-0.39, 0.29) is 31.0 Å². The molecule has 37 heavy (non-hydrogen) atoms. The van der Waals surface area contributed by atoms with E-state index >= 15 is 0 Å². The Morgan fingerprint density at radius 1 is 1.03 bits per heavy atom. The monoisotopic (exact) mass is 524 g/mol. The van der Waals surface area contributed by atoms with Crippen molar-refractivity contribution in [3.63, 3.8) is 0 Å². The summed E-state index contributed by atoms with van der Waals surface area (Å²) < 4.78 is 24.9. The summed E-state index contributed by atoms with van der Waals surface area (Å²) in [5.41, 5.74) is 1.60. The van der Waals surface area contributed by atoms with Crippen molar-refractivity contribution in [2.75, 3.05) is 19.8 Å². The molecule has 4 rings (SSSR count). The number of para-hydroxylation sites is 1. The first-order valence-electron chi connectivity index (χ1n) is 12.3. The molecule has 1 aliphatic heterocycles. The van der Waals surface area contributed by atoms with E-state index in [0.717, 1.165) is 18.4 Å². The van der Waals surface area contributed by atoms with Crippen LogP contribution in [0.2, 0.25) is 5.02 Å². The minimum absolute atomic E-state index is 0.0360. The first kappa shape index (κ1) is 26.6. The van der Waals surface area contributed by atoms with E-state index in [9.17, 15) is 14.0 Å². The molecule has 1 N–H and O–H groups in total. The molecule has 6 nitrogen and oxygen atoms in total. The molecule has 0 aliphatic carbocycles. The Kier molecular flexibility index (Phi) is 9.52. The summed E-state index contributed by atoms with van der Waals surface area (Å²) in [7, 11) is 0. The molecule has 0 radical (unpaired) electrons. The van der Waals surface area contributed by atoms with Crippen LogP contribution < -0.4 is 10.1 Å². The standard InChI is InChI=1S/C29H30ClFN2O4/c30-25-10-4-5-11-27(25)37-20-28(34)33(19-22-12-14-23(31)15-13-22)26(17-21-7-2-1-3-8-21)29(35)32-18-24-9-6-16-36-24/h1-5,7-8,10-15,24,26H,6,9,16-20H2,(H,32,35)/t24-,26+/m1/s1. The van der Waals surface area contributed by atoms with Gasteiger partial charge in [-0.2, -0.15) is 0 Å². The predicted molar refractivity (Wildman–Crippen MR) is 140 cm³/mol. The molecule has 3 aromatic rings. The Balaban J connectivity index is 1.58. The van der Waals surface area contributed by atoms with Crippen molar-refractivity contribution in [1.29, 1.82) is 0 Å². The fourth-order valence-electron chi connectivity index (χ4n) is 4.26. The number of hydrogen-bond acceptors (Lipinski definition) is 4. The SMILES string of the molecule is O=C(NC[C@H]1CCCO1)[C@H](Cc1ccccc1)N(Cc1ccc(F)cc1)C(=O)COc1ccccc1Cl. The fourth-order valence-corrected chi connectivity index (χ4v) is 4.45. The van der Waals surface area contributed by atoms with Gasteiger partial charge < -0.3 is 19.7 Å². The van der Waals surface area contributed by atoms with Crippen LogP contribution in [0.5, 0.6) is 5.75 Å². The van der Waals surface area contributed by atoms with Crippen molar-refractivity contribution >= 4 is 23.4 Å². The molecule has 2 atom stereocenters. The number of benzene rings is 3. The molecule has 1 fully saturated rings. The first-order valence-corrected chi connectivity index (χ1v) is 12.7. The summed E-state index contributed by atoms with van der Waals surface area (Å²) in [5, 5.41) is 3.36. The van der Waals surface area contributed by atoms with Gasteiger partial charge >= 0.3 is 0 Å². The van der Waals surface area contributed by atoms with Crippen LogP contribution in [-0.4, -0.2) is 48.6 Å². The summed E-state index contributed by atoms with van der Waals surface area (Å²) in [6, 6.07) is 21.5. The number of nitrogens with zero attached hydrogens (tertiary/aromatic N) is 1. The number of hydrogen-bond donors (Lipinski definition) is 1. The average molecular weight is 525 g/mol. The van der Waals surface area contributed by atoms with Gasteiger partial charge in [-0.15, -0.1) is 0 Å². The van der Waals surface area contributed by atoms with Crippen LogP contribution in [0.25, 0.3) is 0 Å². The van der Waals surface area contributed by atoms with E-state index < -0.39 is 11.9 Å². The quantitative estimate of drug-likeness (QED) is 0.391. The highest BCUT2D eigenvalue weighted by atomic mass is 35.5. The van der Waals surface area contributed by atoms with Gasteiger partial charge in [-0.1, -0.05) is 66.2 Å². The Morgan fingerprint density at radius 3 is 2.46 bits per heavy atom.